The number of carbonyl (C=O) groups is 1. The molecule has 0 bridgehead atoms. The molecule has 24 heavy (non-hydrogen) atoms. The van der Waals surface area contributed by atoms with Crippen molar-refractivity contribution in [3.63, 3.8) is 0 Å². The number of H-pyrrole nitrogens is 1. The monoisotopic (exact) mass is 331 g/mol. The molecule has 1 unspecified atom stereocenters. The van der Waals surface area contributed by atoms with Gasteiger partial charge in [-0.25, -0.2) is 14.8 Å². The third-order valence-corrected chi connectivity index (χ3v) is 3.95. The fourth-order valence-corrected chi connectivity index (χ4v) is 2.84. The average molecular weight is 331 g/mol. The molecular formula is C15H17N5O4. The molecule has 1 aliphatic heterocycles. The summed E-state index contributed by atoms with van der Waals surface area (Å²) in [4.78, 5) is 39.1. The molecule has 0 radical (unpaired) electrons. The van der Waals surface area contributed by atoms with Crippen molar-refractivity contribution in [2.45, 2.75) is 31.9 Å². The van der Waals surface area contributed by atoms with Crippen molar-refractivity contribution in [3.05, 3.63) is 35.0 Å². The number of likely N-dealkylation sites (tertiary alicyclic amines) is 1. The van der Waals surface area contributed by atoms with Crippen LogP contribution in [0.25, 0.3) is 11.4 Å². The van der Waals surface area contributed by atoms with Gasteiger partial charge in [0.25, 0.3) is 11.6 Å². The van der Waals surface area contributed by atoms with Crippen molar-refractivity contribution in [1.29, 1.82) is 0 Å². The molecule has 2 atom stereocenters. The standard InChI is InChI=1S/C15H17N5O4/c1-9(12-3-2-6-20(12)15(22)23)24-14-18-11(7-13(21)19-14)10-4-5-16-8-17-10/h4-5,7-9,12H,2-3,6H2,1H3,(H,22,23)(H,18,19,21)/t9?,12-/m1/s1. The molecular weight excluding hydrogens is 314 g/mol. The predicted molar refractivity (Wildman–Crippen MR) is 83.7 cm³/mol. The molecule has 0 aromatic carbocycles. The van der Waals surface area contributed by atoms with E-state index in [9.17, 15) is 14.7 Å². The number of aromatic nitrogens is 4. The van der Waals surface area contributed by atoms with Gasteiger partial charge in [0.1, 0.15) is 12.4 Å². The van der Waals surface area contributed by atoms with Gasteiger partial charge in [0.2, 0.25) is 0 Å². The minimum absolute atomic E-state index is 0.0425. The van der Waals surface area contributed by atoms with Gasteiger partial charge in [-0.3, -0.25) is 9.78 Å². The van der Waals surface area contributed by atoms with Crippen LogP contribution in [0.2, 0.25) is 0 Å². The molecule has 0 saturated carbocycles. The fraction of sp³-hybridized carbons (Fsp3) is 0.400. The minimum atomic E-state index is -0.968. The number of aromatic amines is 1. The van der Waals surface area contributed by atoms with Crippen LogP contribution in [-0.2, 0) is 0 Å². The van der Waals surface area contributed by atoms with E-state index < -0.39 is 12.2 Å². The van der Waals surface area contributed by atoms with Crippen LogP contribution >= 0.6 is 0 Å². The van der Waals surface area contributed by atoms with Crippen molar-refractivity contribution in [2.24, 2.45) is 0 Å². The average Bonchev–Trinajstić information content (AvgIpc) is 3.05. The lowest BCUT2D eigenvalue weighted by molar-refractivity contribution is 0.0856. The third-order valence-electron chi connectivity index (χ3n) is 3.95. The van der Waals surface area contributed by atoms with Gasteiger partial charge in [-0.15, -0.1) is 0 Å². The maximum absolute atomic E-state index is 11.8. The van der Waals surface area contributed by atoms with Gasteiger partial charge in [0.15, 0.2) is 0 Å². The quantitative estimate of drug-likeness (QED) is 0.861. The molecule has 9 heteroatoms. The third kappa shape index (κ3) is 3.34. The van der Waals surface area contributed by atoms with E-state index in [1.807, 2.05) is 0 Å². The summed E-state index contributed by atoms with van der Waals surface area (Å²) in [6, 6.07) is 2.73. The second kappa shape index (κ2) is 6.65. The summed E-state index contributed by atoms with van der Waals surface area (Å²) in [5.41, 5.74) is 0.494. The first-order valence-electron chi connectivity index (χ1n) is 7.58. The molecule has 1 aliphatic rings. The van der Waals surface area contributed by atoms with Crippen LogP contribution in [0, 0.1) is 0 Å². The Morgan fingerprint density at radius 2 is 2.33 bits per heavy atom. The zero-order valence-electron chi connectivity index (χ0n) is 13.0. The second-order valence-corrected chi connectivity index (χ2v) is 5.54. The molecule has 0 spiro atoms. The Balaban J connectivity index is 1.81. The first-order chi connectivity index (χ1) is 11.5. The van der Waals surface area contributed by atoms with Gasteiger partial charge in [0, 0.05) is 18.8 Å². The van der Waals surface area contributed by atoms with Crippen LogP contribution in [-0.4, -0.2) is 54.7 Å². The molecule has 2 N–H and O–H groups in total. The predicted octanol–water partition coefficient (Wildman–Crippen LogP) is 1.14. The lowest BCUT2D eigenvalue weighted by Gasteiger charge is -2.27. The van der Waals surface area contributed by atoms with E-state index in [1.54, 1.807) is 19.2 Å². The van der Waals surface area contributed by atoms with Crippen molar-refractivity contribution in [3.8, 4) is 17.4 Å². The molecule has 0 aliphatic carbocycles. The summed E-state index contributed by atoms with van der Waals surface area (Å²) in [5.74, 6) is 0. The summed E-state index contributed by atoms with van der Waals surface area (Å²) in [6.45, 7) is 2.25. The van der Waals surface area contributed by atoms with Crippen LogP contribution in [0.5, 0.6) is 6.01 Å². The minimum Gasteiger partial charge on any atom is -0.465 e. The highest BCUT2D eigenvalue weighted by Crippen LogP contribution is 2.23. The van der Waals surface area contributed by atoms with Crippen molar-refractivity contribution >= 4 is 6.09 Å². The van der Waals surface area contributed by atoms with E-state index in [4.69, 9.17) is 4.74 Å². The van der Waals surface area contributed by atoms with Gasteiger partial charge >= 0.3 is 6.09 Å². The number of carboxylic acid groups (broad SMARTS) is 1. The molecule has 3 heterocycles. The topological polar surface area (TPSA) is 121 Å². The van der Waals surface area contributed by atoms with Crippen LogP contribution in [0.4, 0.5) is 4.79 Å². The largest absolute Gasteiger partial charge is 0.465 e. The Bertz CT molecular complexity index is 779. The number of rotatable bonds is 4. The summed E-state index contributed by atoms with van der Waals surface area (Å²) in [6.07, 6.45) is 3.01. The Labute approximate surface area is 137 Å². The van der Waals surface area contributed by atoms with E-state index in [2.05, 4.69) is 19.9 Å². The summed E-state index contributed by atoms with van der Waals surface area (Å²) >= 11 is 0. The van der Waals surface area contributed by atoms with Crippen LogP contribution in [0.1, 0.15) is 19.8 Å². The number of nitrogens with one attached hydrogen (secondary N) is 1. The lowest BCUT2D eigenvalue weighted by atomic mass is 10.1. The summed E-state index contributed by atoms with van der Waals surface area (Å²) < 4.78 is 5.71. The number of hydrogen-bond donors (Lipinski definition) is 2. The van der Waals surface area contributed by atoms with Gasteiger partial charge in [-0.1, -0.05) is 0 Å². The van der Waals surface area contributed by atoms with E-state index >= 15 is 0 Å². The second-order valence-electron chi connectivity index (χ2n) is 5.54. The fourth-order valence-electron chi connectivity index (χ4n) is 2.84. The normalized spacial score (nSPS) is 18.4. The molecule has 1 saturated heterocycles. The van der Waals surface area contributed by atoms with E-state index in [1.165, 1.54) is 17.3 Å². The van der Waals surface area contributed by atoms with E-state index in [0.29, 0.717) is 24.4 Å². The van der Waals surface area contributed by atoms with Gasteiger partial charge in [-0.05, 0) is 25.8 Å². The molecule has 2 aromatic rings. The Morgan fingerprint density at radius 3 is 3.04 bits per heavy atom. The van der Waals surface area contributed by atoms with Gasteiger partial charge in [0.05, 0.1) is 17.4 Å². The lowest BCUT2D eigenvalue weighted by Crippen LogP contribution is -2.43. The Hall–Kier alpha value is -2.97. The molecule has 2 aromatic heterocycles. The van der Waals surface area contributed by atoms with E-state index in [0.717, 1.165) is 6.42 Å². The van der Waals surface area contributed by atoms with Crippen LogP contribution < -0.4 is 10.3 Å². The van der Waals surface area contributed by atoms with Gasteiger partial charge < -0.3 is 14.7 Å². The maximum atomic E-state index is 11.8. The summed E-state index contributed by atoms with van der Waals surface area (Å²) in [5, 5.41) is 9.22. The summed E-state index contributed by atoms with van der Waals surface area (Å²) in [7, 11) is 0. The number of hydrogen-bond acceptors (Lipinski definition) is 6. The molecule has 9 nitrogen and oxygen atoms in total. The first kappa shape index (κ1) is 15.9. The SMILES string of the molecule is CC(Oc1nc(-c2ccncn2)cc(=O)[nH]1)[C@H]1CCCN1C(=O)O. The molecule has 3 rings (SSSR count). The zero-order chi connectivity index (χ0) is 17.1. The molecule has 1 fully saturated rings. The first-order valence-corrected chi connectivity index (χ1v) is 7.58. The maximum Gasteiger partial charge on any atom is 0.407 e. The van der Waals surface area contributed by atoms with E-state index in [-0.39, 0.29) is 17.6 Å². The number of amides is 1. The van der Waals surface area contributed by atoms with Crippen molar-refractivity contribution in [1.82, 2.24) is 24.8 Å². The highest BCUT2D eigenvalue weighted by atomic mass is 16.5. The smallest absolute Gasteiger partial charge is 0.407 e. The molecule has 126 valence electrons. The number of nitrogens with zero attached hydrogens (tertiary/aromatic N) is 4. The Kier molecular flexibility index (Phi) is 4.41. The Morgan fingerprint density at radius 1 is 1.50 bits per heavy atom. The van der Waals surface area contributed by atoms with Crippen LogP contribution in [0.3, 0.4) is 0 Å². The highest BCUT2D eigenvalue weighted by molar-refractivity contribution is 5.65. The van der Waals surface area contributed by atoms with Crippen molar-refractivity contribution in [2.75, 3.05) is 6.54 Å². The van der Waals surface area contributed by atoms with Gasteiger partial charge in [-0.2, -0.15) is 4.98 Å². The zero-order valence-corrected chi connectivity index (χ0v) is 13.0. The molecule has 1 amide bonds. The van der Waals surface area contributed by atoms with Crippen molar-refractivity contribution < 1.29 is 14.6 Å². The number of ether oxygens (including phenoxy) is 1. The van der Waals surface area contributed by atoms with Crippen LogP contribution in [0.15, 0.2) is 29.5 Å². The highest BCUT2D eigenvalue weighted by Gasteiger charge is 2.34.